The summed E-state index contributed by atoms with van der Waals surface area (Å²) in [6.07, 6.45) is 0.522. The van der Waals surface area contributed by atoms with Gasteiger partial charge < -0.3 is 4.74 Å². The van der Waals surface area contributed by atoms with E-state index in [1.54, 1.807) is 18.2 Å². The molecule has 1 atom stereocenters. The number of nitrogens with zero attached hydrogens (tertiary/aromatic N) is 1. The Kier molecular flexibility index (Phi) is 3.01. The van der Waals surface area contributed by atoms with E-state index >= 15 is 0 Å². The number of nitrogens with one attached hydrogen (secondary N) is 1. The van der Waals surface area contributed by atoms with E-state index in [2.05, 4.69) is 11.9 Å². The van der Waals surface area contributed by atoms with Crippen LogP contribution in [-0.2, 0) is 9.59 Å². The molecule has 21 heavy (non-hydrogen) atoms. The maximum Gasteiger partial charge on any atom is 0.259 e. The zero-order valence-corrected chi connectivity index (χ0v) is 11.5. The Bertz CT molecular complexity index is 680. The first-order valence-corrected chi connectivity index (χ1v) is 6.57. The predicted octanol–water partition coefficient (Wildman–Crippen LogP) is 0.927. The maximum atomic E-state index is 12.5. The van der Waals surface area contributed by atoms with Gasteiger partial charge in [0.1, 0.15) is 11.8 Å². The molecule has 2 heterocycles. The van der Waals surface area contributed by atoms with Crippen LogP contribution in [0, 0.1) is 0 Å². The minimum Gasteiger partial charge on any atom is -0.497 e. The number of hydrogen-bond donors (Lipinski definition) is 1. The van der Waals surface area contributed by atoms with Crippen molar-refractivity contribution in [2.45, 2.75) is 18.9 Å². The van der Waals surface area contributed by atoms with Crippen LogP contribution < -0.4 is 10.1 Å². The Morgan fingerprint density at radius 2 is 2.05 bits per heavy atom. The van der Waals surface area contributed by atoms with E-state index in [0.717, 1.165) is 0 Å². The van der Waals surface area contributed by atoms with E-state index in [1.165, 1.54) is 12.0 Å². The highest BCUT2D eigenvalue weighted by Crippen LogP contribution is 2.36. The second-order valence-corrected chi connectivity index (χ2v) is 5.00. The molecular weight excluding hydrogens is 272 g/mol. The second-order valence-electron chi connectivity index (χ2n) is 5.00. The van der Waals surface area contributed by atoms with Crippen molar-refractivity contribution in [3.8, 4) is 5.75 Å². The number of fused-ring (bicyclic) bond motifs is 1. The molecule has 0 aliphatic carbocycles. The van der Waals surface area contributed by atoms with E-state index in [4.69, 9.17) is 4.74 Å². The number of imide groups is 1. The lowest BCUT2D eigenvalue weighted by atomic mass is 10.0. The molecule has 0 saturated carbocycles. The third-order valence-electron chi connectivity index (χ3n) is 3.80. The summed E-state index contributed by atoms with van der Waals surface area (Å²) in [5.41, 5.74) is 1.63. The van der Waals surface area contributed by atoms with Gasteiger partial charge in [0.05, 0.1) is 12.7 Å². The molecule has 0 radical (unpaired) electrons. The molecule has 2 aliphatic heterocycles. The van der Waals surface area contributed by atoms with Crippen LogP contribution in [0.3, 0.4) is 0 Å². The van der Waals surface area contributed by atoms with Gasteiger partial charge in [-0.25, -0.2) is 0 Å². The summed E-state index contributed by atoms with van der Waals surface area (Å²) in [6, 6.07) is 4.43. The largest absolute Gasteiger partial charge is 0.497 e. The lowest BCUT2D eigenvalue weighted by molar-refractivity contribution is -0.136. The Balaban J connectivity index is 1.96. The van der Waals surface area contributed by atoms with Gasteiger partial charge in [-0.3, -0.25) is 24.6 Å². The number of benzene rings is 1. The number of ether oxygens (including phenoxy) is 1. The molecule has 108 valence electrons. The molecule has 3 rings (SSSR count). The number of amides is 3. The molecule has 0 aromatic heterocycles. The predicted molar refractivity (Wildman–Crippen MR) is 74.4 cm³/mol. The van der Waals surface area contributed by atoms with E-state index in [9.17, 15) is 14.4 Å². The fourth-order valence-corrected chi connectivity index (χ4v) is 2.72. The van der Waals surface area contributed by atoms with E-state index in [1.807, 2.05) is 0 Å². The topological polar surface area (TPSA) is 75.7 Å². The van der Waals surface area contributed by atoms with Crippen LogP contribution in [0.2, 0.25) is 0 Å². The summed E-state index contributed by atoms with van der Waals surface area (Å²) in [5.74, 6) is -0.489. The van der Waals surface area contributed by atoms with Crippen molar-refractivity contribution in [3.05, 3.63) is 35.9 Å². The molecule has 6 heteroatoms. The lowest BCUT2D eigenvalue weighted by Gasteiger charge is -2.30. The fourth-order valence-electron chi connectivity index (χ4n) is 2.72. The van der Waals surface area contributed by atoms with Crippen molar-refractivity contribution < 1.29 is 19.1 Å². The monoisotopic (exact) mass is 286 g/mol. The molecule has 3 amide bonds. The van der Waals surface area contributed by atoms with Crippen molar-refractivity contribution >= 4 is 23.4 Å². The third kappa shape index (κ3) is 1.99. The molecular formula is C15H14N2O4. The third-order valence-corrected chi connectivity index (χ3v) is 3.80. The summed E-state index contributed by atoms with van der Waals surface area (Å²) in [6.45, 7) is 3.91. The van der Waals surface area contributed by atoms with Crippen LogP contribution in [0.1, 0.15) is 28.8 Å². The van der Waals surface area contributed by atoms with Gasteiger partial charge in [0.15, 0.2) is 0 Å². The first kappa shape index (κ1) is 13.4. The summed E-state index contributed by atoms with van der Waals surface area (Å²) in [4.78, 5) is 37.1. The maximum absolute atomic E-state index is 12.5. The normalized spacial score (nSPS) is 21.4. The Labute approximate surface area is 121 Å². The molecule has 2 aliphatic rings. The molecule has 6 nitrogen and oxygen atoms in total. The van der Waals surface area contributed by atoms with Gasteiger partial charge in [0.25, 0.3) is 5.91 Å². The highest BCUT2D eigenvalue weighted by Gasteiger charge is 2.41. The quantitative estimate of drug-likeness (QED) is 0.821. The smallest absolute Gasteiger partial charge is 0.259 e. The van der Waals surface area contributed by atoms with Crippen LogP contribution in [0.4, 0.5) is 0 Å². The lowest BCUT2D eigenvalue weighted by Crippen LogP contribution is -2.52. The van der Waals surface area contributed by atoms with Gasteiger partial charge >= 0.3 is 0 Å². The summed E-state index contributed by atoms with van der Waals surface area (Å²) in [7, 11) is 1.52. The summed E-state index contributed by atoms with van der Waals surface area (Å²) < 4.78 is 5.11. The number of hydrogen-bond acceptors (Lipinski definition) is 4. The highest BCUT2D eigenvalue weighted by molar-refractivity contribution is 6.12. The number of rotatable bonds is 2. The van der Waals surface area contributed by atoms with Crippen LogP contribution in [0.25, 0.3) is 5.70 Å². The number of piperidine rings is 1. The SMILES string of the molecule is C=C1c2ccc(OC)cc2C(=O)N1C1CCC(=O)NC1=O. The van der Waals surface area contributed by atoms with Gasteiger partial charge in [-0.1, -0.05) is 6.58 Å². The summed E-state index contributed by atoms with van der Waals surface area (Å²) >= 11 is 0. The Morgan fingerprint density at radius 1 is 1.29 bits per heavy atom. The van der Waals surface area contributed by atoms with Gasteiger partial charge in [-0.05, 0) is 24.6 Å². The molecule has 0 spiro atoms. The van der Waals surface area contributed by atoms with E-state index in [-0.39, 0.29) is 18.2 Å². The molecule has 1 N–H and O–H groups in total. The average molecular weight is 286 g/mol. The zero-order valence-electron chi connectivity index (χ0n) is 11.5. The van der Waals surface area contributed by atoms with Crippen molar-refractivity contribution in [1.82, 2.24) is 10.2 Å². The molecule has 1 fully saturated rings. The van der Waals surface area contributed by atoms with Gasteiger partial charge in [-0.2, -0.15) is 0 Å². The molecule has 1 saturated heterocycles. The second kappa shape index (κ2) is 4.73. The van der Waals surface area contributed by atoms with Crippen molar-refractivity contribution in [2.24, 2.45) is 0 Å². The standard InChI is InChI=1S/C15H14N2O4/c1-8-10-4-3-9(21-2)7-11(10)15(20)17(8)12-5-6-13(18)16-14(12)19/h3-4,7,12H,1,5-6H2,2H3,(H,16,18,19). The number of carbonyl (C=O) groups is 3. The molecule has 0 bridgehead atoms. The van der Waals surface area contributed by atoms with Crippen molar-refractivity contribution in [1.29, 1.82) is 0 Å². The van der Waals surface area contributed by atoms with E-state index < -0.39 is 11.9 Å². The van der Waals surface area contributed by atoms with Crippen molar-refractivity contribution in [3.63, 3.8) is 0 Å². The minimum absolute atomic E-state index is 0.215. The van der Waals surface area contributed by atoms with Gasteiger partial charge in [0.2, 0.25) is 11.8 Å². The minimum atomic E-state index is -0.693. The Morgan fingerprint density at radius 3 is 2.71 bits per heavy atom. The van der Waals surface area contributed by atoms with Gasteiger partial charge in [-0.15, -0.1) is 0 Å². The zero-order chi connectivity index (χ0) is 15.1. The van der Waals surface area contributed by atoms with Gasteiger partial charge in [0, 0.05) is 17.7 Å². The molecule has 1 aromatic rings. The van der Waals surface area contributed by atoms with Crippen LogP contribution in [0.5, 0.6) is 5.75 Å². The summed E-state index contributed by atoms with van der Waals surface area (Å²) in [5, 5.41) is 2.26. The first-order chi connectivity index (χ1) is 10.0. The van der Waals surface area contributed by atoms with Crippen molar-refractivity contribution in [2.75, 3.05) is 7.11 Å². The number of methoxy groups -OCH3 is 1. The van der Waals surface area contributed by atoms with Crippen LogP contribution >= 0.6 is 0 Å². The number of carbonyl (C=O) groups excluding carboxylic acids is 3. The molecule has 1 aromatic carbocycles. The fraction of sp³-hybridized carbons (Fsp3) is 0.267. The Hall–Kier alpha value is -2.63. The van der Waals surface area contributed by atoms with Crippen LogP contribution in [0.15, 0.2) is 24.8 Å². The average Bonchev–Trinajstić information content (AvgIpc) is 2.71. The molecule has 1 unspecified atom stereocenters. The van der Waals surface area contributed by atoms with Crippen LogP contribution in [-0.4, -0.2) is 35.8 Å². The van der Waals surface area contributed by atoms with E-state index in [0.29, 0.717) is 29.0 Å². The first-order valence-electron chi connectivity index (χ1n) is 6.57. The highest BCUT2D eigenvalue weighted by atomic mass is 16.5.